The zero-order valence-electron chi connectivity index (χ0n) is 10.3. The molecule has 1 aliphatic carbocycles. The first-order valence-electron chi connectivity index (χ1n) is 5.98. The van der Waals surface area contributed by atoms with Gasteiger partial charge in [0, 0.05) is 27.1 Å². The molecule has 0 atom stereocenters. The van der Waals surface area contributed by atoms with Crippen LogP contribution in [0.1, 0.15) is 20.7 Å². The molecule has 2 aromatic carbocycles. The molecule has 0 fully saturated rings. The molecule has 0 spiro atoms. The van der Waals surface area contributed by atoms with Crippen LogP contribution in [0.3, 0.4) is 0 Å². The molecule has 2 aromatic rings. The summed E-state index contributed by atoms with van der Waals surface area (Å²) in [7, 11) is 0. The molecule has 0 aromatic heterocycles. The molecular weight excluding hydrogens is 292 g/mol. The first-order chi connectivity index (χ1) is 9.65. The van der Waals surface area contributed by atoms with Gasteiger partial charge in [0.05, 0.1) is 4.91 Å². The number of ketones is 2. The average molecular weight is 301 g/mol. The third kappa shape index (κ3) is 2.42. The van der Waals surface area contributed by atoms with E-state index in [-0.39, 0.29) is 11.6 Å². The summed E-state index contributed by atoms with van der Waals surface area (Å²) in [5, 5.41) is 0.639. The van der Waals surface area contributed by atoms with Crippen molar-refractivity contribution in [3.8, 4) is 0 Å². The van der Waals surface area contributed by atoms with E-state index >= 15 is 0 Å². The van der Waals surface area contributed by atoms with E-state index in [1.807, 2.05) is 12.1 Å². The predicted octanol–water partition coefficient (Wildman–Crippen LogP) is 4.40. The Morgan fingerprint density at radius 2 is 1.50 bits per heavy atom. The van der Waals surface area contributed by atoms with Gasteiger partial charge >= 0.3 is 0 Å². The molecule has 0 saturated carbocycles. The average Bonchev–Trinajstić information content (AvgIpc) is 2.47. The number of hydrogen-bond acceptors (Lipinski definition) is 3. The van der Waals surface area contributed by atoms with Gasteiger partial charge in [-0.1, -0.05) is 47.6 Å². The fraction of sp³-hybridized carbons (Fsp3) is 0. The van der Waals surface area contributed by atoms with Crippen molar-refractivity contribution in [2.24, 2.45) is 0 Å². The van der Waals surface area contributed by atoms with E-state index in [0.717, 1.165) is 4.90 Å². The van der Waals surface area contributed by atoms with E-state index < -0.39 is 0 Å². The highest BCUT2D eigenvalue weighted by atomic mass is 35.5. The van der Waals surface area contributed by atoms with Gasteiger partial charge in [0.2, 0.25) is 5.78 Å². The van der Waals surface area contributed by atoms with Crippen molar-refractivity contribution in [2.45, 2.75) is 4.90 Å². The molecular formula is C16H9ClO2S. The lowest BCUT2D eigenvalue weighted by Gasteiger charge is -2.14. The van der Waals surface area contributed by atoms with Crippen molar-refractivity contribution in [1.82, 2.24) is 0 Å². The fourth-order valence-corrected chi connectivity index (χ4v) is 3.02. The first-order valence-corrected chi connectivity index (χ1v) is 7.18. The van der Waals surface area contributed by atoms with E-state index in [1.165, 1.54) is 17.8 Å². The van der Waals surface area contributed by atoms with E-state index in [0.29, 0.717) is 21.1 Å². The van der Waals surface area contributed by atoms with Crippen LogP contribution in [-0.2, 0) is 0 Å². The molecule has 0 aliphatic heterocycles. The van der Waals surface area contributed by atoms with Gasteiger partial charge in [-0.2, -0.15) is 0 Å². The van der Waals surface area contributed by atoms with Crippen LogP contribution in [0, 0.1) is 0 Å². The van der Waals surface area contributed by atoms with Gasteiger partial charge in [0.25, 0.3) is 0 Å². The van der Waals surface area contributed by atoms with Crippen molar-refractivity contribution >= 4 is 34.9 Å². The largest absolute Gasteiger partial charge is 0.289 e. The zero-order chi connectivity index (χ0) is 14.1. The first kappa shape index (κ1) is 13.2. The monoisotopic (exact) mass is 300 g/mol. The molecule has 98 valence electrons. The summed E-state index contributed by atoms with van der Waals surface area (Å²) in [6.07, 6.45) is 1.41. The summed E-state index contributed by atoms with van der Waals surface area (Å²) in [6.45, 7) is 0. The van der Waals surface area contributed by atoms with Crippen molar-refractivity contribution in [1.29, 1.82) is 0 Å². The zero-order valence-corrected chi connectivity index (χ0v) is 11.9. The van der Waals surface area contributed by atoms with E-state index in [9.17, 15) is 9.59 Å². The van der Waals surface area contributed by atoms with Gasteiger partial charge in [-0.15, -0.1) is 0 Å². The molecule has 0 amide bonds. The Labute approximate surface area is 125 Å². The van der Waals surface area contributed by atoms with Crippen LogP contribution in [0.2, 0.25) is 5.02 Å². The molecule has 0 saturated heterocycles. The Morgan fingerprint density at radius 3 is 2.20 bits per heavy atom. The molecule has 0 unspecified atom stereocenters. The minimum Gasteiger partial charge on any atom is -0.289 e. The second kappa shape index (κ2) is 5.27. The lowest BCUT2D eigenvalue weighted by Crippen LogP contribution is -2.15. The number of carbonyl (C=O) groups is 2. The van der Waals surface area contributed by atoms with Crippen LogP contribution in [-0.4, -0.2) is 11.6 Å². The topological polar surface area (TPSA) is 34.1 Å². The second-order valence-electron chi connectivity index (χ2n) is 4.30. The van der Waals surface area contributed by atoms with Gasteiger partial charge in [-0.3, -0.25) is 9.59 Å². The molecule has 0 heterocycles. The van der Waals surface area contributed by atoms with Gasteiger partial charge in [-0.25, -0.2) is 0 Å². The number of Topliss-reactive ketones (excluding diaryl/α,β-unsaturated/α-hetero) is 1. The lowest BCUT2D eigenvalue weighted by molar-refractivity contribution is 0.0991. The van der Waals surface area contributed by atoms with Gasteiger partial charge in [0.15, 0.2) is 5.78 Å². The second-order valence-corrected chi connectivity index (χ2v) is 5.86. The summed E-state index contributed by atoms with van der Waals surface area (Å²) in [4.78, 5) is 25.7. The van der Waals surface area contributed by atoms with Crippen molar-refractivity contribution in [3.63, 3.8) is 0 Å². The fourth-order valence-electron chi connectivity index (χ4n) is 2.00. The molecule has 0 bridgehead atoms. The Bertz CT molecular complexity index is 732. The number of fused-ring (bicyclic) bond motifs is 1. The summed E-state index contributed by atoms with van der Waals surface area (Å²) >= 11 is 7.11. The molecule has 0 N–H and O–H groups in total. The minimum absolute atomic E-state index is 0.111. The van der Waals surface area contributed by atoms with Crippen molar-refractivity contribution < 1.29 is 9.59 Å². The third-order valence-electron chi connectivity index (χ3n) is 2.96. The van der Waals surface area contributed by atoms with Crippen LogP contribution in [0.15, 0.2) is 64.4 Å². The lowest BCUT2D eigenvalue weighted by atomic mass is 9.95. The van der Waals surface area contributed by atoms with Gasteiger partial charge in [-0.05, 0) is 24.3 Å². The Morgan fingerprint density at radius 1 is 0.850 bits per heavy atom. The molecule has 3 rings (SSSR count). The molecule has 1 aliphatic rings. The maximum absolute atomic E-state index is 12.4. The number of carbonyl (C=O) groups excluding carboxylic acids is 2. The number of rotatable bonds is 2. The predicted molar refractivity (Wildman–Crippen MR) is 80.5 cm³/mol. The highest BCUT2D eigenvalue weighted by Crippen LogP contribution is 2.33. The van der Waals surface area contributed by atoms with Crippen LogP contribution in [0.5, 0.6) is 0 Å². The van der Waals surface area contributed by atoms with Crippen molar-refractivity contribution in [3.05, 3.63) is 75.7 Å². The van der Waals surface area contributed by atoms with E-state index in [1.54, 1.807) is 36.4 Å². The van der Waals surface area contributed by atoms with E-state index in [4.69, 9.17) is 11.6 Å². The number of allylic oxidation sites excluding steroid dienone is 2. The molecule has 2 nitrogen and oxygen atoms in total. The number of benzene rings is 2. The molecule has 4 heteroatoms. The van der Waals surface area contributed by atoms with Gasteiger partial charge in [0.1, 0.15) is 0 Å². The quantitative estimate of drug-likeness (QED) is 0.824. The normalized spacial score (nSPS) is 13.9. The third-order valence-corrected chi connectivity index (χ3v) is 4.25. The van der Waals surface area contributed by atoms with Crippen LogP contribution < -0.4 is 0 Å². The summed E-state index contributed by atoms with van der Waals surface area (Å²) in [5.41, 5.74) is 0.939. The summed E-state index contributed by atoms with van der Waals surface area (Å²) in [5.74, 6) is -0.239. The Balaban J connectivity index is 1.94. The summed E-state index contributed by atoms with van der Waals surface area (Å²) in [6, 6.07) is 14.1. The van der Waals surface area contributed by atoms with E-state index in [2.05, 4.69) is 0 Å². The minimum atomic E-state index is -0.128. The molecule has 0 radical (unpaired) electrons. The van der Waals surface area contributed by atoms with Crippen LogP contribution >= 0.6 is 23.4 Å². The SMILES string of the molecule is O=C1C=C(Sc2ccc(Cl)cc2)C(=O)c2ccccc21. The highest BCUT2D eigenvalue weighted by molar-refractivity contribution is 8.04. The highest BCUT2D eigenvalue weighted by Gasteiger charge is 2.25. The Hall–Kier alpha value is -1.84. The van der Waals surface area contributed by atoms with Crippen LogP contribution in [0.4, 0.5) is 0 Å². The van der Waals surface area contributed by atoms with Crippen LogP contribution in [0.25, 0.3) is 0 Å². The maximum atomic E-state index is 12.4. The van der Waals surface area contributed by atoms with Gasteiger partial charge < -0.3 is 0 Å². The maximum Gasteiger partial charge on any atom is 0.200 e. The number of thioether (sulfide) groups is 1. The summed E-state index contributed by atoms with van der Waals surface area (Å²) < 4.78 is 0. The Kier molecular flexibility index (Phi) is 3.47. The standard InChI is InChI=1S/C16H9ClO2S/c17-10-5-7-11(8-6-10)20-15-9-14(18)12-3-1-2-4-13(12)16(15)19/h1-9H. The van der Waals surface area contributed by atoms with Crippen molar-refractivity contribution in [2.75, 3.05) is 0 Å². The number of halogens is 1. The smallest absolute Gasteiger partial charge is 0.200 e. The number of hydrogen-bond donors (Lipinski definition) is 0. The molecule has 20 heavy (non-hydrogen) atoms.